The molecule has 20 heavy (non-hydrogen) atoms. The standard InChI is InChI=1S/C13H15BrClNO3S/c1-2-16(10-5-6-20(18,19)8-10)13(17)11-7-9(14)3-4-12(11)15/h3-4,7,10H,2,5-6,8H2,1H3. The average molecular weight is 381 g/mol. The maximum atomic E-state index is 12.6. The summed E-state index contributed by atoms with van der Waals surface area (Å²) >= 11 is 9.38. The molecule has 1 unspecified atom stereocenters. The molecule has 2 rings (SSSR count). The van der Waals surface area contributed by atoms with E-state index >= 15 is 0 Å². The first-order valence-corrected chi connectivity index (χ1v) is 9.29. The van der Waals surface area contributed by atoms with Gasteiger partial charge in [-0.05, 0) is 31.5 Å². The van der Waals surface area contributed by atoms with Crippen LogP contribution in [0.4, 0.5) is 0 Å². The summed E-state index contributed by atoms with van der Waals surface area (Å²) in [6.07, 6.45) is 0.494. The van der Waals surface area contributed by atoms with Crippen LogP contribution >= 0.6 is 27.5 Å². The van der Waals surface area contributed by atoms with Crippen LogP contribution in [0.5, 0.6) is 0 Å². The van der Waals surface area contributed by atoms with Crippen molar-refractivity contribution in [1.29, 1.82) is 0 Å². The predicted molar refractivity (Wildman–Crippen MR) is 82.9 cm³/mol. The number of rotatable bonds is 3. The van der Waals surface area contributed by atoms with Gasteiger partial charge in [-0.2, -0.15) is 0 Å². The van der Waals surface area contributed by atoms with E-state index in [2.05, 4.69) is 15.9 Å². The molecule has 110 valence electrons. The van der Waals surface area contributed by atoms with Crippen LogP contribution in [-0.4, -0.2) is 43.3 Å². The molecule has 0 radical (unpaired) electrons. The van der Waals surface area contributed by atoms with E-state index in [1.54, 1.807) is 23.1 Å². The van der Waals surface area contributed by atoms with Crippen molar-refractivity contribution < 1.29 is 13.2 Å². The minimum absolute atomic E-state index is 0.0399. The first-order chi connectivity index (χ1) is 9.34. The molecular weight excluding hydrogens is 366 g/mol. The number of amides is 1. The quantitative estimate of drug-likeness (QED) is 0.810. The predicted octanol–water partition coefficient (Wildman–Crippen LogP) is 2.75. The van der Waals surface area contributed by atoms with Crippen molar-refractivity contribution in [3.05, 3.63) is 33.3 Å². The zero-order valence-electron chi connectivity index (χ0n) is 11.0. The average Bonchev–Trinajstić information content (AvgIpc) is 2.73. The largest absolute Gasteiger partial charge is 0.335 e. The SMILES string of the molecule is CCN(C(=O)c1cc(Br)ccc1Cl)C1CCS(=O)(=O)C1. The molecule has 1 saturated heterocycles. The number of benzene rings is 1. The summed E-state index contributed by atoms with van der Waals surface area (Å²) in [5, 5.41) is 0.373. The summed E-state index contributed by atoms with van der Waals surface area (Å²) in [6.45, 7) is 2.30. The lowest BCUT2D eigenvalue weighted by Crippen LogP contribution is -2.41. The molecular formula is C13H15BrClNO3S. The van der Waals surface area contributed by atoms with Crippen LogP contribution in [0.1, 0.15) is 23.7 Å². The Kier molecular flexibility index (Phi) is 4.76. The third-order valence-electron chi connectivity index (χ3n) is 3.41. The lowest BCUT2D eigenvalue weighted by molar-refractivity contribution is 0.0708. The summed E-state index contributed by atoms with van der Waals surface area (Å²) in [6, 6.07) is 4.82. The van der Waals surface area contributed by atoms with Gasteiger partial charge in [-0.3, -0.25) is 4.79 Å². The molecule has 1 aromatic rings. The fraction of sp³-hybridized carbons (Fsp3) is 0.462. The minimum atomic E-state index is -3.02. The van der Waals surface area contributed by atoms with Crippen LogP contribution in [0.2, 0.25) is 5.02 Å². The highest BCUT2D eigenvalue weighted by molar-refractivity contribution is 9.10. The van der Waals surface area contributed by atoms with E-state index in [4.69, 9.17) is 11.6 Å². The van der Waals surface area contributed by atoms with Crippen LogP contribution in [0.25, 0.3) is 0 Å². The Hall–Kier alpha value is -0.590. The third kappa shape index (κ3) is 3.35. The van der Waals surface area contributed by atoms with Gasteiger partial charge in [0.2, 0.25) is 0 Å². The minimum Gasteiger partial charge on any atom is -0.335 e. The molecule has 0 saturated carbocycles. The van der Waals surface area contributed by atoms with Gasteiger partial charge in [0.15, 0.2) is 9.84 Å². The van der Waals surface area contributed by atoms with Crippen molar-refractivity contribution in [3.63, 3.8) is 0 Å². The maximum absolute atomic E-state index is 12.6. The molecule has 0 aromatic heterocycles. The topological polar surface area (TPSA) is 54.5 Å². The Morgan fingerprint density at radius 2 is 2.20 bits per heavy atom. The molecule has 7 heteroatoms. The second-order valence-electron chi connectivity index (χ2n) is 4.77. The summed E-state index contributed by atoms with van der Waals surface area (Å²) < 4.78 is 23.9. The number of hydrogen-bond donors (Lipinski definition) is 0. The summed E-state index contributed by atoms with van der Waals surface area (Å²) in [5.74, 6) is -0.0350. The van der Waals surface area contributed by atoms with Crippen molar-refractivity contribution in [1.82, 2.24) is 4.90 Å². The molecule has 0 N–H and O–H groups in total. The normalized spacial score (nSPS) is 20.9. The molecule has 0 spiro atoms. The van der Waals surface area contributed by atoms with Crippen molar-refractivity contribution in [2.75, 3.05) is 18.1 Å². The molecule has 0 bridgehead atoms. The van der Waals surface area contributed by atoms with Gasteiger partial charge in [-0.1, -0.05) is 27.5 Å². The van der Waals surface area contributed by atoms with Gasteiger partial charge in [0, 0.05) is 17.1 Å². The summed E-state index contributed by atoms with van der Waals surface area (Å²) in [4.78, 5) is 14.2. The van der Waals surface area contributed by atoms with Crippen molar-refractivity contribution in [2.45, 2.75) is 19.4 Å². The Bertz CT molecular complexity index is 633. The van der Waals surface area contributed by atoms with Crippen LogP contribution in [0.15, 0.2) is 22.7 Å². The van der Waals surface area contributed by atoms with E-state index < -0.39 is 9.84 Å². The van der Waals surface area contributed by atoms with E-state index in [1.165, 1.54) is 0 Å². The Morgan fingerprint density at radius 3 is 2.75 bits per heavy atom. The lowest BCUT2D eigenvalue weighted by atomic mass is 10.1. The van der Waals surface area contributed by atoms with Gasteiger partial charge in [-0.25, -0.2) is 8.42 Å². The van der Waals surface area contributed by atoms with E-state index in [-0.39, 0.29) is 23.5 Å². The number of carbonyl (C=O) groups is 1. The molecule has 0 aliphatic carbocycles. The molecule has 1 atom stereocenters. The van der Waals surface area contributed by atoms with E-state index in [0.29, 0.717) is 23.6 Å². The zero-order chi connectivity index (χ0) is 14.9. The fourth-order valence-electron chi connectivity index (χ4n) is 2.40. The molecule has 4 nitrogen and oxygen atoms in total. The molecule has 1 aromatic carbocycles. The third-order valence-corrected chi connectivity index (χ3v) is 5.98. The second-order valence-corrected chi connectivity index (χ2v) is 8.32. The molecule has 1 heterocycles. The van der Waals surface area contributed by atoms with Gasteiger partial charge in [0.05, 0.1) is 22.1 Å². The monoisotopic (exact) mass is 379 g/mol. The molecule has 1 aliphatic rings. The van der Waals surface area contributed by atoms with Gasteiger partial charge in [0.25, 0.3) is 5.91 Å². The van der Waals surface area contributed by atoms with E-state index in [1.807, 2.05) is 6.92 Å². The molecule has 1 aliphatic heterocycles. The second kappa shape index (κ2) is 6.03. The number of nitrogens with zero attached hydrogens (tertiary/aromatic N) is 1. The fourth-order valence-corrected chi connectivity index (χ4v) is 4.70. The van der Waals surface area contributed by atoms with Gasteiger partial charge in [-0.15, -0.1) is 0 Å². The first-order valence-electron chi connectivity index (χ1n) is 6.30. The van der Waals surface area contributed by atoms with Crippen molar-refractivity contribution in [3.8, 4) is 0 Å². The lowest BCUT2D eigenvalue weighted by Gasteiger charge is -2.27. The van der Waals surface area contributed by atoms with Gasteiger partial charge < -0.3 is 4.90 Å². The van der Waals surface area contributed by atoms with Crippen LogP contribution in [0.3, 0.4) is 0 Å². The molecule has 1 fully saturated rings. The van der Waals surface area contributed by atoms with Gasteiger partial charge >= 0.3 is 0 Å². The Balaban J connectivity index is 2.28. The van der Waals surface area contributed by atoms with Crippen molar-refractivity contribution >= 4 is 43.3 Å². The van der Waals surface area contributed by atoms with Crippen LogP contribution in [-0.2, 0) is 9.84 Å². The van der Waals surface area contributed by atoms with Crippen LogP contribution in [0, 0.1) is 0 Å². The summed E-state index contributed by atoms with van der Waals surface area (Å²) in [7, 11) is -3.02. The van der Waals surface area contributed by atoms with E-state index in [0.717, 1.165) is 4.47 Å². The molecule has 1 amide bonds. The first kappa shape index (κ1) is 15.8. The number of halogens is 2. The Labute approximate surface area is 132 Å². The van der Waals surface area contributed by atoms with Crippen molar-refractivity contribution in [2.24, 2.45) is 0 Å². The Morgan fingerprint density at radius 1 is 1.50 bits per heavy atom. The van der Waals surface area contributed by atoms with E-state index in [9.17, 15) is 13.2 Å². The van der Waals surface area contributed by atoms with Crippen LogP contribution < -0.4 is 0 Å². The maximum Gasteiger partial charge on any atom is 0.255 e. The number of sulfone groups is 1. The highest BCUT2D eigenvalue weighted by atomic mass is 79.9. The number of carbonyl (C=O) groups excluding carboxylic acids is 1. The smallest absolute Gasteiger partial charge is 0.255 e. The zero-order valence-corrected chi connectivity index (χ0v) is 14.1. The number of hydrogen-bond acceptors (Lipinski definition) is 3. The van der Waals surface area contributed by atoms with Gasteiger partial charge in [0.1, 0.15) is 0 Å². The highest BCUT2D eigenvalue weighted by Crippen LogP contribution is 2.25. The summed E-state index contributed by atoms with van der Waals surface area (Å²) in [5.41, 5.74) is 0.396. The highest BCUT2D eigenvalue weighted by Gasteiger charge is 2.34.